The Kier molecular flexibility index (Phi) is 4.17. The zero-order valence-electron chi connectivity index (χ0n) is 12.8. The predicted octanol–water partition coefficient (Wildman–Crippen LogP) is 4.27. The fourth-order valence-corrected chi connectivity index (χ4v) is 3.75. The lowest BCUT2D eigenvalue weighted by atomic mass is 9.82. The van der Waals surface area contributed by atoms with Crippen LogP contribution in [0.3, 0.4) is 0 Å². The summed E-state index contributed by atoms with van der Waals surface area (Å²) in [7, 11) is 0. The number of carbonyl (C=O) groups is 1. The molecule has 19 heavy (non-hydrogen) atoms. The first-order valence-corrected chi connectivity index (χ1v) is 7.39. The van der Waals surface area contributed by atoms with Crippen molar-refractivity contribution in [1.29, 1.82) is 0 Å². The van der Waals surface area contributed by atoms with Crippen molar-refractivity contribution in [3.63, 3.8) is 0 Å². The van der Waals surface area contributed by atoms with E-state index < -0.39 is 0 Å². The van der Waals surface area contributed by atoms with Crippen LogP contribution >= 0.6 is 0 Å². The molecule has 0 aromatic heterocycles. The van der Waals surface area contributed by atoms with Crippen LogP contribution in [0.4, 0.5) is 0 Å². The lowest BCUT2D eigenvalue weighted by molar-refractivity contribution is -0.144. The van der Waals surface area contributed by atoms with Crippen LogP contribution in [0, 0.1) is 17.8 Å². The van der Waals surface area contributed by atoms with Gasteiger partial charge < -0.3 is 4.74 Å². The third-order valence-electron chi connectivity index (χ3n) is 4.86. The molecule has 2 aliphatic carbocycles. The van der Waals surface area contributed by atoms with E-state index in [9.17, 15) is 4.79 Å². The zero-order valence-corrected chi connectivity index (χ0v) is 12.8. The van der Waals surface area contributed by atoms with E-state index in [-0.39, 0.29) is 12.1 Å². The lowest BCUT2D eigenvalue weighted by Crippen LogP contribution is -2.20. The molecule has 0 aromatic rings. The summed E-state index contributed by atoms with van der Waals surface area (Å²) >= 11 is 0. The van der Waals surface area contributed by atoms with Gasteiger partial charge in [0.25, 0.3) is 0 Å². The normalized spacial score (nSPS) is 34.4. The summed E-state index contributed by atoms with van der Waals surface area (Å²) in [5.41, 5.74) is 4.54. The maximum absolute atomic E-state index is 11.2. The highest BCUT2D eigenvalue weighted by molar-refractivity contribution is 5.66. The summed E-state index contributed by atoms with van der Waals surface area (Å²) in [6.45, 7) is 10.5. The summed E-state index contributed by atoms with van der Waals surface area (Å²) in [6, 6.07) is 0. The summed E-state index contributed by atoms with van der Waals surface area (Å²) in [5.74, 6) is 1.82. The standard InChI is InChI=1S/C17H26O2/c1-10(2)14-8-16-11(3)6-15(19-13(5)18)7-12(4)17(16)9-14/h6,12,15-17H,7-9H2,1-5H3/t12-,15+,16-,17+/m0/s1. The number of allylic oxidation sites excluding steroid dienone is 3. The van der Waals surface area contributed by atoms with Gasteiger partial charge in [-0.3, -0.25) is 4.79 Å². The van der Waals surface area contributed by atoms with Gasteiger partial charge in [0, 0.05) is 6.92 Å². The molecule has 0 heterocycles. The van der Waals surface area contributed by atoms with Gasteiger partial charge >= 0.3 is 5.97 Å². The molecule has 0 N–H and O–H groups in total. The average Bonchev–Trinajstić information content (AvgIpc) is 2.68. The molecule has 0 amide bonds. The summed E-state index contributed by atoms with van der Waals surface area (Å²) in [6.07, 6.45) is 5.57. The van der Waals surface area contributed by atoms with Gasteiger partial charge in [0.2, 0.25) is 0 Å². The number of hydrogen-bond donors (Lipinski definition) is 0. The Morgan fingerprint density at radius 3 is 2.53 bits per heavy atom. The highest BCUT2D eigenvalue weighted by atomic mass is 16.5. The van der Waals surface area contributed by atoms with Crippen molar-refractivity contribution >= 4 is 5.97 Å². The van der Waals surface area contributed by atoms with Crippen LogP contribution in [-0.2, 0) is 9.53 Å². The van der Waals surface area contributed by atoms with Gasteiger partial charge in [0.15, 0.2) is 0 Å². The third kappa shape index (κ3) is 3.10. The van der Waals surface area contributed by atoms with Gasteiger partial charge in [0.1, 0.15) is 6.10 Å². The molecule has 0 aliphatic heterocycles. The van der Waals surface area contributed by atoms with Crippen molar-refractivity contribution in [3.05, 3.63) is 22.8 Å². The molecular weight excluding hydrogens is 236 g/mol. The predicted molar refractivity (Wildman–Crippen MR) is 77.7 cm³/mol. The Morgan fingerprint density at radius 2 is 1.95 bits per heavy atom. The SMILES string of the molecule is CC(=O)O[C@@H]1C=C(C)[C@@H]2CC(=C(C)C)C[C@@H]2[C@@H](C)C1. The van der Waals surface area contributed by atoms with Gasteiger partial charge in [0.05, 0.1) is 0 Å². The van der Waals surface area contributed by atoms with Crippen molar-refractivity contribution in [2.75, 3.05) is 0 Å². The number of esters is 1. The van der Waals surface area contributed by atoms with E-state index in [4.69, 9.17) is 4.74 Å². The van der Waals surface area contributed by atoms with Crippen LogP contribution in [0.15, 0.2) is 22.8 Å². The molecule has 2 nitrogen and oxygen atoms in total. The minimum Gasteiger partial charge on any atom is -0.458 e. The van der Waals surface area contributed by atoms with E-state index in [1.165, 1.54) is 30.9 Å². The van der Waals surface area contributed by atoms with Crippen LogP contribution in [-0.4, -0.2) is 12.1 Å². The van der Waals surface area contributed by atoms with E-state index in [1.54, 1.807) is 5.57 Å². The van der Waals surface area contributed by atoms with E-state index in [1.807, 2.05) is 0 Å². The van der Waals surface area contributed by atoms with Crippen molar-refractivity contribution in [2.45, 2.75) is 60.0 Å². The number of ether oxygens (including phenoxy) is 1. The molecule has 0 spiro atoms. The summed E-state index contributed by atoms with van der Waals surface area (Å²) in [5, 5.41) is 0. The molecule has 1 fully saturated rings. The molecule has 0 radical (unpaired) electrons. The number of fused-ring (bicyclic) bond motifs is 1. The minimum atomic E-state index is -0.168. The Bertz CT molecular complexity index is 427. The van der Waals surface area contributed by atoms with E-state index in [0.29, 0.717) is 11.8 Å². The smallest absolute Gasteiger partial charge is 0.303 e. The Labute approximate surface area is 116 Å². The van der Waals surface area contributed by atoms with Crippen LogP contribution in [0.25, 0.3) is 0 Å². The second-order valence-electron chi connectivity index (χ2n) is 6.55. The van der Waals surface area contributed by atoms with E-state index in [2.05, 4.69) is 33.8 Å². The second-order valence-corrected chi connectivity index (χ2v) is 6.55. The quantitative estimate of drug-likeness (QED) is 0.521. The summed E-state index contributed by atoms with van der Waals surface area (Å²) in [4.78, 5) is 11.2. The average molecular weight is 262 g/mol. The molecule has 0 bridgehead atoms. The van der Waals surface area contributed by atoms with Gasteiger partial charge in [-0.05, 0) is 63.9 Å². The van der Waals surface area contributed by atoms with Gasteiger partial charge in [-0.15, -0.1) is 0 Å². The minimum absolute atomic E-state index is 0.0201. The first-order valence-electron chi connectivity index (χ1n) is 7.39. The number of rotatable bonds is 1. The second kappa shape index (κ2) is 5.52. The Balaban J connectivity index is 2.22. The maximum atomic E-state index is 11.2. The van der Waals surface area contributed by atoms with Crippen LogP contribution in [0.1, 0.15) is 53.9 Å². The zero-order chi connectivity index (χ0) is 14.2. The van der Waals surface area contributed by atoms with Crippen LogP contribution in [0.2, 0.25) is 0 Å². The van der Waals surface area contributed by atoms with Crippen molar-refractivity contribution < 1.29 is 9.53 Å². The van der Waals surface area contributed by atoms with E-state index >= 15 is 0 Å². The molecule has 2 rings (SSSR count). The fraction of sp³-hybridized carbons (Fsp3) is 0.706. The number of hydrogen-bond acceptors (Lipinski definition) is 2. The largest absolute Gasteiger partial charge is 0.458 e. The molecule has 1 saturated carbocycles. The topological polar surface area (TPSA) is 26.3 Å². The molecule has 0 unspecified atom stereocenters. The Morgan fingerprint density at radius 1 is 1.26 bits per heavy atom. The molecule has 0 saturated heterocycles. The molecule has 106 valence electrons. The highest BCUT2D eigenvalue weighted by Crippen LogP contribution is 2.48. The first kappa shape index (κ1) is 14.4. The molecular formula is C17H26O2. The van der Waals surface area contributed by atoms with Gasteiger partial charge in [-0.25, -0.2) is 0 Å². The van der Waals surface area contributed by atoms with Gasteiger partial charge in [-0.2, -0.15) is 0 Å². The maximum Gasteiger partial charge on any atom is 0.303 e. The lowest BCUT2D eigenvalue weighted by Gasteiger charge is -2.24. The Hall–Kier alpha value is -1.05. The third-order valence-corrected chi connectivity index (χ3v) is 4.86. The van der Waals surface area contributed by atoms with Gasteiger partial charge in [-0.1, -0.05) is 23.6 Å². The molecule has 0 aromatic carbocycles. The van der Waals surface area contributed by atoms with Crippen molar-refractivity contribution in [1.82, 2.24) is 0 Å². The molecule has 2 aliphatic rings. The molecule has 2 heteroatoms. The number of carbonyl (C=O) groups excluding carboxylic acids is 1. The van der Waals surface area contributed by atoms with Crippen molar-refractivity contribution in [2.24, 2.45) is 17.8 Å². The van der Waals surface area contributed by atoms with E-state index in [0.717, 1.165) is 12.3 Å². The van der Waals surface area contributed by atoms with Crippen molar-refractivity contribution in [3.8, 4) is 0 Å². The van der Waals surface area contributed by atoms with Crippen LogP contribution in [0.5, 0.6) is 0 Å². The monoisotopic (exact) mass is 262 g/mol. The first-order chi connectivity index (χ1) is 8.88. The van der Waals surface area contributed by atoms with Crippen LogP contribution < -0.4 is 0 Å². The fourth-order valence-electron chi connectivity index (χ4n) is 3.75. The summed E-state index contributed by atoms with van der Waals surface area (Å²) < 4.78 is 5.42. The molecule has 4 atom stereocenters. The highest BCUT2D eigenvalue weighted by Gasteiger charge is 2.38.